The molecule has 0 N–H and O–H groups in total. The van der Waals surface area contributed by atoms with Gasteiger partial charge in [-0.3, -0.25) is 9.59 Å². The van der Waals surface area contributed by atoms with Gasteiger partial charge in [-0.15, -0.1) is 0 Å². The maximum Gasteiger partial charge on any atom is 0.221 e. The molecule has 5 heteroatoms. The molecule has 1 aromatic carbocycles. The average Bonchev–Trinajstić information content (AvgIpc) is 2.35. The molecule has 1 rings (SSSR count). The molecule has 0 aromatic heterocycles. The largest absolute Gasteiger partial charge is 0.296 e. The Kier molecular flexibility index (Phi) is 5.66. The van der Waals surface area contributed by atoms with E-state index in [4.69, 9.17) is 0 Å². The molecular weight excluding hydrogens is 367 g/mol. The van der Waals surface area contributed by atoms with E-state index in [0.29, 0.717) is 15.4 Å². The van der Waals surface area contributed by atoms with Crippen molar-refractivity contribution in [2.75, 3.05) is 0 Å². The first-order valence-electron chi connectivity index (χ1n) is 5.56. The van der Waals surface area contributed by atoms with E-state index in [1.807, 2.05) is 0 Å². The Morgan fingerprint density at radius 2 is 1.78 bits per heavy atom. The van der Waals surface area contributed by atoms with Crippen molar-refractivity contribution in [2.24, 2.45) is 5.92 Å². The van der Waals surface area contributed by atoms with Crippen molar-refractivity contribution in [1.82, 2.24) is 0 Å². The van der Waals surface area contributed by atoms with Crippen LogP contribution in [0, 0.1) is 5.92 Å². The molecule has 2 atom stereocenters. The first kappa shape index (κ1) is 15.5. The number of Topliss-reactive ketones (excluding diaryl/α,β-unsaturated/α-hetero) is 2. The highest BCUT2D eigenvalue weighted by molar-refractivity contribution is 9.11. The third-order valence-corrected chi connectivity index (χ3v) is 4.11. The summed E-state index contributed by atoms with van der Waals surface area (Å²) in [5.41, 5.74) is 0.168. The molecule has 0 radical (unpaired) electrons. The van der Waals surface area contributed by atoms with Crippen LogP contribution in [0.3, 0.4) is 0 Å². The lowest BCUT2D eigenvalue weighted by atomic mass is 9.95. The summed E-state index contributed by atoms with van der Waals surface area (Å²) in [7, 11) is 0. The van der Waals surface area contributed by atoms with E-state index in [-0.39, 0.29) is 5.56 Å². The van der Waals surface area contributed by atoms with Gasteiger partial charge in [0.2, 0.25) is 12.0 Å². The van der Waals surface area contributed by atoms with Crippen LogP contribution < -0.4 is 0 Å². The molecule has 2 nitrogen and oxygen atoms in total. The Morgan fingerprint density at radius 3 is 2.22 bits per heavy atom. The quantitative estimate of drug-likeness (QED) is 0.563. The van der Waals surface area contributed by atoms with Gasteiger partial charge in [-0.1, -0.05) is 51.8 Å². The maximum atomic E-state index is 13.9. The van der Waals surface area contributed by atoms with Crippen molar-refractivity contribution < 1.29 is 14.0 Å². The molecule has 2 unspecified atom stereocenters. The number of alkyl halides is 1. The van der Waals surface area contributed by atoms with Gasteiger partial charge in [0.25, 0.3) is 0 Å². The molecule has 0 saturated carbocycles. The van der Waals surface area contributed by atoms with E-state index in [0.717, 1.165) is 0 Å². The zero-order valence-electron chi connectivity index (χ0n) is 10.0. The standard InChI is InChI=1S/C13H13Br2FO2/c1-3-7(2)12(17)11(16)13(18)10-8(14)5-4-6-9(10)15/h4-7,11H,3H2,1-2H3. The second kappa shape index (κ2) is 6.57. The number of carbonyl (C=O) groups is 2. The van der Waals surface area contributed by atoms with E-state index in [1.54, 1.807) is 32.0 Å². The number of hydrogen-bond donors (Lipinski definition) is 0. The van der Waals surface area contributed by atoms with Crippen molar-refractivity contribution >= 4 is 43.4 Å². The minimum Gasteiger partial charge on any atom is -0.296 e. The lowest BCUT2D eigenvalue weighted by Crippen LogP contribution is -2.30. The van der Waals surface area contributed by atoms with Crippen LogP contribution in [0.5, 0.6) is 0 Å². The van der Waals surface area contributed by atoms with Gasteiger partial charge in [0, 0.05) is 20.4 Å². The molecule has 0 aliphatic carbocycles. The van der Waals surface area contributed by atoms with Crippen molar-refractivity contribution in [2.45, 2.75) is 26.4 Å². The Labute approximate surface area is 122 Å². The van der Waals surface area contributed by atoms with Crippen LogP contribution in [0.2, 0.25) is 0 Å². The topological polar surface area (TPSA) is 34.1 Å². The summed E-state index contributed by atoms with van der Waals surface area (Å²) >= 11 is 6.38. The van der Waals surface area contributed by atoms with E-state index >= 15 is 0 Å². The molecule has 0 spiro atoms. The molecule has 0 amide bonds. The smallest absolute Gasteiger partial charge is 0.221 e. The Morgan fingerprint density at radius 1 is 1.28 bits per heavy atom. The summed E-state index contributed by atoms with van der Waals surface area (Å²) in [5, 5.41) is 0. The predicted octanol–water partition coefficient (Wildman–Crippen LogP) is 4.35. The number of rotatable bonds is 5. The normalized spacial score (nSPS) is 14.1. The highest BCUT2D eigenvalue weighted by atomic mass is 79.9. The van der Waals surface area contributed by atoms with Gasteiger partial charge >= 0.3 is 0 Å². The fourth-order valence-corrected chi connectivity index (χ4v) is 2.83. The first-order chi connectivity index (χ1) is 8.40. The molecule has 0 heterocycles. The molecule has 18 heavy (non-hydrogen) atoms. The number of halogens is 3. The number of carbonyl (C=O) groups excluding carboxylic acids is 2. The van der Waals surface area contributed by atoms with Gasteiger partial charge < -0.3 is 0 Å². The maximum absolute atomic E-state index is 13.9. The first-order valence-corrected chi connectivity index (χ1v) is 7.14. The summed E-state index contributed by atoms with van der Waals surface area (Å²) < 4.78 is 14.9. The highest BCUT2D eigenvalue weighted by Crippen LogP contribution is 2.27. The lowest BCUT2D eigenvalue weighted by molar-refractivity contribution is -0.125. The van der Waals surface area contributed by atoms with E-state index < -0.39 is 23.7 Å². The van der Waals surface area contributed by atoms with Crippen molar-refractivity contribution in [3.63, 3.8) is 0 Å². The lowest BCUT2D eigenvalue weighted by Gasteiger charge is -2.13. The second-order valence-corrected chi connectivity index (χ2v) is 5.74. The third kappa shape index (κ3) is 3.26. The van der Waals surface area contributed by atoms with E-state index in [9.17, 15) is 14.0 Å². The molecule has 98 valence electrons. The minimum atomic E-state index is -2.10. The van der Waals surface area contributed by atoms with Gasteiger partial charge in [-0.2, -0.15) is 0 Å². The van der Waals surface area contributed by atoms with Crippen molar-refractivity contribution in [3.05, 3.63) is 32.7 Å². The molecule has 0 saturated heterocycles. The monoisotopic (exact) mass is 378 g/mol. The Balaban J connectivity index is 3.04. The van der Waals surface area contributed by atoms with Crippen molar-refractivity contribution in [1.29, 1.82) is 0 Å². The van der Waals surface area contributed by atoms with Crippen LogP contribution in [-0.2, 0) is 4.79 Å². The summed E-state index contributed by atoms with van der Waals surface area (Å²) in [6, 6.07) is 4.99. The Bertz CT molecular complexity index is 454. The number of hydrogen-bond acceptors (Lipinski definition) is 2. The fourth-order valence-electron chi connectivity index (χ4n) is 1.44. The number of ketones is 2. The summed E-state index contributed by atoms with van der Waals surface area (Å²) in [6.45, 7) is 3.41. The van der Waals surface area contributed by atoms with Gasteiger partial charge in [-0.25, -0.2) is 4.39 Å². The van der Waals surface area contributed by atoms with Crippen LogP contribution in [0.1, 0.15) is 30.6 Å². The Hall–Kier alpha value is -0.550. The van der Waals surface area contributed by atoms with E-state index in [2.05, 4.69) is 31.9 Å². The molecular formula is C13H13Br2FO2. The van der Waals surface area contributed by atoms with Gasteiger partial charge in [0.05, 0.1) is 0 Å². The van der Waals surface area contributed by atoms with Crippen molar-refractivity contribution in [3.8, 4) is 0 Å². The third-order valence-electron chi connectivity index (χ3n) is 2.79. The summed E-state index contributed by atoms with van der Waals surface area (Å²) in [4.78, 5) is 23.7. The number of benzene rings is 1. The fraction of sp³-hybridized carbons (Fsp3) is 0.385. The van der Waals surface area contributed by atoms with Crippen LogP contribution in [0.15, 0.2) is 27.1 Å². The zero-order valence-corrected chi connectivity index (χ0v) is 13.2. The average molecular weight is 380 g/mol. The van der Waals surface area contributed by atoms with Crippen LogP contribution in [0.25, 0.3) is 0 Å². The van der Waals surface area contributed by atoms with Crippen LogP contribution in [0.4, 0.5) is 4.39 Å². The van der Waals surface area contributed by atoms with Crippen LogP contribution >= 0.6 is 31.9 Å². The second-order valence-electron chi connectivity index (χ2n) is 4.04. The minimum absolute atomic E-state index is 0.168. The highest BCUT2D eigenvalue weighted by Gasteiger charge is 2.32. The molecule has 0 aliphatic heterocycles. The van der Waals surface area contributed by atoms with Gasteiger partial charge in [-0.05, 0) is 18.6 Å². The van der Waals surface area contributed by atoms with Crippen LogP contribution in [-0.4, -0.2) is 17.7 Å². The molecule has 0 fully saturated rings. The molecule has 0 bridgehead atoms. The summed E-state index contributed by atoms with van der Waals surface area (Å²) in [5.74, 6) is -1.92. The SMILES string of the molecule is CCC(C)C(=O)C(F)C(=O)c1c(Br)cccc1Br. The van der Waals surface area contributed by atoms with Gasteiger partial charge in [0.1, 0.15) is 0 Å². The predicted molar refractivity (Wildman–Crippen MR) is 75.5 cm³/mol. The molecule has 0 aliphatic rings. The molecule has 1 aromatic rings. The van der Waals surface area contributed by atoms with E-state index in [1.165, 1.54) is 0 Å². The van der Waals surface area contributed by atoms with Gasteiger partial charge in [0.15, 0.2) is 5.78 Å². The summed E-state index contributed by atoms with van der Waals surface area (Å²) in [6.07, 6.45) is -1.58. The zero-order chi connectivity index (χ0) is 13.9.